The smallest absolute Gasteiger partial charge is 0.0159 e. The maximum atomic E-state index is 2.49. The summed E-state index contributed by atoms with van der Waals surface area (Å²) in [5.74, 6) is 0. The number of hydrogen-bond acceptors (Lipinski definition) is 0. The molecule has 0 aliphatic heterocycles. The van der Waals surface area contributed by atoms with E-state index in [4.69, 9.17) is 0 Å². The van der Waals surface area contributed by atoms with Gasteiger partial charge in [-0.05, 0) is 210 Å². The van der Waals surface area contributed by atoms with E-state index >= 15 is 0 Å². The summed E-state index contributed by atoms with van der Waals surface area (Å²) in [4.78, 5) is 0. The van der Waals surface area contributed by atoms with Gasteiger partial charge in [0, 0.05) is 21.7 Å². The van der Waals surface area contributed by atoms with E-state index in [9.17, 15) is 0 Å². The van der Waals surface area contributed by atoms with Gasteiger partial charge in [0.25, 0.3) is 0 Å². The van der Waals surface area contributed by atoms with Crippen molar-refractivity contribution in [1.82, 2.24) is 0 Å². The van der Waals surface area contributed by atoms with E-state index in [-0.39, 0.29) is 21.7 Å². The van der Waals surface area contributed by atoms with Crippen LogP contribution in [0.25, 0.3) is 111 Å². The van der Waals surface area contributed by atoms with Gasteiger partial charge in [-0.1, -0.05) is 219 Å². The molecule has 0 unspecified atom stereocenters. The molecule has 0 N–H and O–H groups in total. The van der Waals surface area contributed by atoms with Crippen LogP contribution in [0.2, 0.25) is 0 Å². The Balaban J connectivity index is 0.705. The Bertz CT molecular complexity index is 4320. The molecule has 0 saturated heterocycles. The van der Waals surface area contributed by atoms with Crippen molar-refractivity contribution in [2.45, 2.75) is 77.0 Å². The monoisotopic (exact) mass is 972 g/mol. The molecule has 0 saturated carbocycles. The predicted octanol–water partition coefficient (Wildman–Crippen LogP) is 20.4. The fourth-order valence-corrected chi connectivity index (χ4v) is 14.4. The first kappa shape index (κ1) is 45.1. The van der Waals surface area contributed by atoms with Crippen LogP contribution in [0.1, 0.15) is 99.9 Å². The van der Waals surface area contributed by atoms with Crippen LogP contribution in [0, 0.1) is 0 Å². The minimum absolute atomic E-state index is 0.104. The molecule has 0 fully saturated rings. The highest BCUT2D eigenvalue weighted by Gasteiger charge is 2.40. The van der Waals surface area contributed by atoms with Crippen molar-refractivity contribution >= 4 is 10.8 Å². The second kappa shape index (κ2) is 15.6. The van der Waals surface area contributed by atoms with Gasteiger partial charge in [-0.3, -0.25) is 0 Å². The number of fused-ring (bicyclic) bond motifs is 13. The lowest BCUT2D eigenvalue weighted by Crippen LogP contribution is -2.16. The Morgan fingerprint density at radius 3 is 0.658 bits per heavy atom. The second-order valence-electron chi connectivity index (χ2n) is 24.5. The Morgan fingerprint density at radius 1 is 0.171 bits per heavy atom. The molecule has 0 heterocycles. The molecule has 4 aliphatic rings. The zero-order valence-electron chi connectivity index (χ0n) is 44.8. The third kappa shape index (κ3) is 6.37. The van der Waals surface area contributed by atoms with E-state index in [1.54, 1.807) is 0 Å². The Labute approximate surface area is 448 Å². The average molecular weight is 973 g/mol. The zero-order chi connectivity index (χ0) is 51.6. The van der Waals surface area contributed by atoms with Gasteiger partial charge in [-0.15, -0.1) is 0 Å². The van der Waals surface area contributed by atoms with E-state index in [1.807, 2.05) is 0 Å². The van der Waals surface area contributed by atoms with Crippen molar-refractivity contribution in [3.8, 4) is 100 Å². The second-order valence-corrected chi connectivity index (χ2v) is 24.5. The van der Waals surface area contributed by atoms with Crippen LogP contribution >= 0.6 is 0 Å². The standard InChI is InChI=1S/C76H60/c1-73(2)65-37-49(45-14-10-9-11-15-45)20-28-57(65)59-30-22-51(39-67(59)73)53-24-32-61-63-34-26-55(43-71(63)75(5,6)69(61)41-53)56-27-35-64-62-33-25-54(42-70(62)76(7,8)72(64)44-56)52-23-31-60-58-29-21-50(38-66(58)74(3,4)68(60)40-52)48-19-18-46-16-12-13-17-47(46)36-48/h9-44H,1-8H3. The van der Waals surface area contributed by atoms with Gasteiger partial charge in [0.05, 0.1) is 0 Å². The molecule has 15 rings (SSSR count). The van der Waals surface area contributed by atoms with Crippen LogP contribution in [0.5, 0.6) is 0 Å². The van der Waals surface area contributed by atoms with Gasteiger partial charge in [-0.2, -0.15) is 0 Å². The Kier molecular flexibility index (Phi) is 9.27. The number of hydrogen-bond donors (Lipinski definition) is 0. The van der Waals surface area contributed by atoms with Gasteiger partial charge < -0.3 is 0 Å². The van der Waals surface area contributed by atoms with Crippen LogP contribution in [-0.4, -0.2) is 0 Å². The van der Waals surface area contributed by atoms with E-state index in [1.165, 1.54) is 155 Å². The molecule has 0 amide bonds. The average Bonchev–Trinajstić information content (AvgIpc) is 4.04. The molecule has 0 nitrogen and oxygen atoms in total. The van der Waals surface area contributed by atoms with Crippen molar-refractivity contribution in [3.63, 3.8) is 0 Å². The lowest BCUT2D eigenvalue weighted by Gasteiger charge is -2.24. The topological polar surface area (TPSA) is 0 Å². The quantitative estimate of drug-likeness (QED) is 0.161. The zero-order valence-corrected chi connectivity index (χ0v) is 44.8. The molecular weight excluding hydrogens is 913 g/mol. The van der Waals surface area contributed by atoms with Crippen molar-refractivity contribution in [2.24, 2.45) is 0 Å². The molecule has 0 spiro atoms. The lowest BCUT2D eigenvalue weighted by molar-refractivity contribution is 0.659. The minimum atomic E-state index is -0.161. The molecule has 0 radical (unpaired) electrons. The molecule has 76 heavy (non-hydrogen) atoms. The summed E-state index contributed by atoms with van der Waals surface area (Å²) < 4.78 is 0. The van der Waals surface area contributed by atoms with Crippen molar-refractivity contribution in [2.75, 3.05) is 0 Å². The third-order valence-electron chi connectivity index (χ3n) is 18.9. The molecule has 4 aliphatic carbocycles. The molecule has 0 atom stereocenters. The van der Waals surface area contributed by atoms with Crippen LogP contribution in [0.3, 0.4) is 0 Å². The highest BCUT2D eigenvalue weighted by molar-refractivity contribution is 5.93. The normalized spacial score (nSPS) is 15.8. The molecule has 0 bridgehead atoms. The fourth-order valence-electron chi connectivity index (χ4n) is 14.4. The van der Waals surface area contributed by atoms with Crippen molar-refractivity contribution in [3.05, 3.63) is 263 Å². The predicted molar refractivity (Wildman–Crippen MR) is 321 cm³/mol. The van der Waals surface area contributed by atoms with Gasteiger partial charge in [-0.25, -0.2) is 0 Å². The van der Waals surface area contributed by atoms with Crippen molar-refractivity contribution in [1.29, 1.82) is 0 Å². The SMILES string of the molecule is CC1(C)c2cc(-c3ccccc3)ccc2-c2ccc(-c3ccc4c(c3)C(C)(C)c3cc(-c5ccc6c(c5)C(C)(C)c5cc(-c7ccc8c(c7)C(C)(C)c7cc(-c9ccc%10ccccc%10c9)ccc7-8)ccc5-6)ccc3-4)cc21. The summed E-state index contributed by atoms with van der Waals surface area (Å²) in [7, 11) is 0. The Hall–Kier alpha value is -8.32. The summed E-state index contributed by atoms with van der Waals surface area (Å²) >= 11 is 0. The first-order valence-corrected chi connectivity index (χ1v) is 27.4. The molecule has 11 aromatic rings. The van der Waals surface area contributed by atoms with Crippen molar-refractivity contribution < 1.29 is 0 Å². The highest BCUT2D eigenvalue weighted by atomic mass is 14.4. The van der Waals surface area contributed by atoms with E-state index < -0.39 is 0 Å². The molecule has 0 heteroatoms. The maximum absolute atomic E-state index is 2.49. The van der Waals surface area contributed by atoms with E-state index in [2.05, 4.69) is 274 Å². The van der Waals surface area contributed by atoms with Gasteiger partial charge >= 0.3 is 0 Å². The highest BCUT2D eigenvalue weighted by Crippen LogP contribution is 2.56. The van der Waals surface area contributed by atoms with Gasteiger partial charge in [0.15, 0.2) is 0 Å². The molecule has 11 aromatic carbocycles. The number of rotatable bonds is 5. The largest absolute Gasteiger partial charge is 0.0622 e. The molecular formula is C76H60. The van der Waals surface area contributed by atoms with Crippen LogP contribution in [0.4, 0.5) is 0 Å². The van der Waals surface area contributed by atoms with Gasteiger partial charge in [0.2, 0.25) is 0 Å². The van der Waals surface area contributed by atoms with Crippen LogP contribution in [-0.2, 0) is 21.7 Å². The first-order chi connectivity index (χ1) is 36.6. The van der Waals surface area contributed by atoms with Gasteiger partial charge in [0.1, 0.15) is 0 Å². The summed E-state index contributed by atoms with van der Waals surface area (Å²) in [5, 5.41) is 2.55. The summed E-state index contributed by atoms with van der Waals surface area (Å²) in [6, 6.07) is 83.7. The third-order valence-corrected chi connectivity index (χ3v) is 18.9. The summed E-state index contributed by atoms with van der Waals surface area (Å²) in [6.45, 7) is 19.3. The maximum Gasteiger partial charge on any atom is 0.0159 e. The van der Waals surface area contributed by atoms with E-state index in [0.717, 1.165) is 0 Å². The molecule has 364 valence electrons. The van der Waals surface area contributed by atoms with Crippen LogP contribution < -0.4 is 0 Å². The lowest BCUT2D eigenvalue weighted by atomic mass is 9.79. The summed E-state index contributed by atoms with van der Waals surface area (Å²) in [5.41, 5.74) is 34.2. The fraction of sp³-hybridized carbons (Fsp3) is 0.158. The first-order valence-electron chi connectivity index (χ1n) is 27.4. The summed E-state index contributed by atoms with van der Waals surface area (Å²) in [6.07, 6.45) is 0. The minimum Gasteiger partial charge on any atom is -0.0622 e. The Morgan fingerprint density at radius 2 is 0.382 bits per heavy atom. The molecule has 0 aromatic heterocycles. The number of benzene rings is 11. The van der Waals surface area contributed by atoms with E-state index in [0.29, 0.717) is 0 Å². The van der Waals surface area contributed by atoms with Crippen LogP contribution in [0.15, 0.2) is 218 Å².